The number of pyridine rings is 1. The fourth-order valence-corrected chi connectivity index (χ4v) is 3.26. The normalized spacial score (nSPS) is 16.4. The molecule has 1 saturated heterocycles. The van der Waals surface area contributed by atoms with Crippen LogP contribution in [0, 0.1) is 6.92 Å². The highest BCUT2D eigenvalue weighted by molar-refractivity contribution is 5.41. The number of hydrogen-bond acceptors (Lipinski definition) is 5. The van der Waals surface area contributed by atoms with Crippen LogP contribution in [0.1, 0.15) is 35.8 Å². The minimum Gasteiger partial charge on any atom is -0.357 e. The molecule has 0 radical (unpaired) electrons. The molecule has 1 aliphatic rings. The van der Waals surface area contributed by atoms with E-state index < -0.39 is 11.7 Å². The minimum absolute atomic E-state index is 0.213. The summed E-state index contributed by atoms with van der Waals surface area (Å²) in [7, 11) is 0. The molecule has 26 heavy (non-hydrogen) atoms. The van der Waals surface area contributed by atoms with E-state index in [1.807, 2.05) is 24.0 Å². The Bertz CT molecular complexity index is 910. The van der Waals surface area contributed by atoms with E-state index in [-0.39, 0.29) is 5.92 Å². The van der Waals surface area contributed by atoms with Gasteiger partial charge in [-0.15, -0.1) is 10.2 Å². The van der Waals surface area contributed by atoms with Crippen molar-refractivity contribution >= 4 is 11.5 Å². The van der Waals surface area contributed by atoms with Gasteiger partial charge in [-0.1, -0.05) is 0 Å². The lowest BCUT2D eigenvalue weighted by Crippen LogP contribution is -2.34. The van der Waals surface area contributed by atoms with Gasteiger partial charge in [-0.25, -0.2) is 4.98 Å². The predicted molar refractivity (Wildman–Crippen MR) is 88.9 cm³/mol. The van der Waals surface area contributed by atoms with Gasteiger partial charge in [-0.2, -0.15) is 22.8 Å². The van der Waals surface area contributed by atoms with E-state index in [9.17, 15) is 13.2 Å². The van der Waals surface area contributed by atoms with E-state index in [1.165, 1.54) is 6.07 Å². The molecule has 4 rings (SSSR count). The van der Waals surface area contributed by atoms with Crippen LogP contribution in [0.4, 0.5) is 19.0 Å². The molecular formula is C17H17F3N6. The number of aryl methyl sites for hydroxylation is 1. The molecule has 0 amide bonds. The summed E-state index contributed by atoms with van der Waals surface area (Å²) in [5.41, 5.74) is 0.884. The second-order valence-electron chi connectivity index (χ2n) is 6.47. The molecule has 0 bridgehead atoms. The van der Waals surface area contributed by atoms with Gasteiger partial charge in [0.1, 0.15) is 5.82 Å². The van der Waals surface area contributed by atoms with Crippen molar-refractivity contribution in [2.45, 2.75) is 31.9 Å². The van der Waals surface area contributed by atoms with Gasteiger partial charge in [0.05, 0.1) is 11.3 Å². The highest BCUT2D eigenvalue weighted by atomic mass is 19.4. The Hall–Kier alpha value is -2.71. The molecule has 4 heterocycles. The zero-order valence-electron chi connectivity index (χ0n) is 14.1. The molecule has 0 aromatic carbocycles. The molecule has 0 unspecified atom stereocenters. The van der Waals surface area contributed by atoms with Gasteiger partial charge in [0.2, 0.25) is 0 Å². The van der Waals surface area contributed by atoms with Gasteiger partial charge in [0.25, 0.3) is 0 Å². The molecule has 0 saturated carbocycles. The molecule has 0 N–H and O–H groups in total. The van der Waals surface area contributed by atoms with E-state index >= 15 is 0 Å². The van der Waals surface area contributed by atoms with E-state index in [4.69, 9.17) is 0 Å². The molecule has 0 aliphatic carbocycles. The summed E-state index contributed by atoms with van der Waals surface area (Å²) in [5, 5.41) is 12.9. The lowest BCUT2D eigenvalue weighted by atomic mass is 9.96. The molecule has 0 spiro atoms. The average molecular weight is 362 g/mol. The first-order valence-corrected chi connectivity index (χ1v) is 8.39. The van der Waals surface area contributed by atoms with E-state index in [1.54, 1.807) is 4.52 Å². The number of rotatable bonds is 2. The number of nitrogens with zero attached hydrogens (tertiary/aromatic N) is 6. The van der Waals surface area contributed by atoms with Crippen LogP contribution in [-0.4, -0.2) is 37.9 Å². The number of anilines is 1. The summed E-state index contributed by atoms with van der Waals surface area (Å²) in [6, 6.07) is 6.29. The first-order valence-electron chi connectivity index (χ1n) is 8.39. The molecule has 3 aromatic heterocycles. The summed E-state index contributed by atoms with van der Waals surface area (Å²) in [4.78, 5) is 5.98. The Kier molecular flexibility index (Phi) is 4.01. The monoisotopic (exact) mass is 362 g/mol. The Labute approximate surface area is 147 Å². The average Bonchev–Trinajstić information content (AvgIpc) is 3.04. The van der Waals surface area contributed by atoms with Crippen LogP contribution in [-0.2, 0) is 6.18 Å². The standard InChI is InChI=1S/C17H17F3N6/c1-11-2-4-15-22-23-16(26(15)24-11)12-6-8-25(9-7-12)14-5-3-13(10-21-14)17(18,19)20/h2-5,10,12H,6-9H2,1H3. The van der Waals surface area contributed by atoms with Crippen molar-refractivity contribution in [3.8, 4) is 0 Å². The molecule has 1 aliphatic heterocycles. The number of fused-ring (bicyclic) bond motifs is 1. The predicted octanol–water partition coefficient (Wildman–Crippen LogP) is 3.23. The highest BCUT2D eigenvalue weighted by Crippen LogP contribution is 2.31. The molecule has 3 aromatic rings. The van der Waals surface area contributed by atoms with Crippen molar-refractivity contribution in [2.24, 2.45) is 0 Å². The summed E-state index contributed by atoms with van der Waals surface area (Å²) in [5.74, 6) is 1.62. The van der Waals surface area contributed by atoms with Crippen molar-refractivity contribution in [1.29, 1.82) is 0 Å². The molecule has 136 valence electrons. The Balaban J connectivity index is 1.47. The topological polar surface area (TPSA) is 59.2 Å². The van der Waals surface area contributed by atoms with Gasteiger partial charge in [0, 0.05) is 25.2 Å². The fraction of sp³-hybridized carbons (Fsp3) is 0.412. The molecule has 0 atom stereocenters. The van der Waals surface area contributed by atoms with Crippen molar-refractivity contribution in [3.05, 3.63) is 47.5 Å². The zero-order valence-corrected chi connectivity index (χ0v) is 14.1. The SMILES string of the molecule is Cc1ccc2nnc(C3CCN(c4ccc(C(F)(F)F)cn4)CC3)n2n1. The summed E-state index contributed by atoms with van der Waals surface area (Å²) >= 11 is 0. The summed E-state index contributed by atoms with van der Waals surface area (Å²) in [6.07, 6.45) is -1.84. The molecule has 1 fully saturated rings. The van der Waals surface area contributed by atoms with Crippen LogP contribution in [0.15, 0.2) is 30.5 Å². The van der Waals surface area contributed by atoms with Gasteiger partial charge >= 0.3 is 6.18 Å². The number of halogens is 3. The van der Waals surface area contributed by atoms with E-state index in [2.05, 4.69) is 20.3 Å². The second kappa shape index (κ2) is 6.22. The molecule has 9 heteroatoms. The van der Waals surface area contributed by atoms with Crippen LogP contribution in [0.3, 0.4) is 0 Å². The van der Waals surface area contributed by atoms with Crippen LogP contribution in [0.5, 0.6) is 0 Å². The van der Waals surface area contributed by atoms with E-state index in [0.717, 1.165) is 42.3 Å². The van der Waals surface area contributed by atoms with Gasteiger partial charge in [-0.05, 0) is 44.0 Å². The van der Waals surface area contributed by atoms with Gasteiger partial charge in [-0.3, -0.25) is 0 Å². The van der Waals surface area contributed by atoms with Crippen LogP contribution >= 0.6 is 0 Å². The number of aromatic nitrogens is 5. The third-order valence-corrected chi connectivity index (χ3v) is 4.68. The zero-order chi connectivity index (χ0) is 18.3. The number of hydrogen-bond donors (Lipinski definition) is 0. The Morgan fingerprint density at radius 1 is 1.04 bits per heavy atom. The lowest BCUT2D eigenvalue weighted by Gasteiger charge is -2.32. The van der Waals surface area contributed by atoms with Crippen LogP contribution in [0.2, 0.25) is 0 Å². The Morgan fingerprint density at radius 2 is 1.81 bits per heavy atom. The quantitative estimate of drug-likeness (QED) is 0.701. The van der Waals surface area contributed by atoms with Crippen molar-refractivity contribution in [3.63, 3.8) is 0 Å². The van der Waals surface area contributed by atoms with Crippen molar-refractivity contribution in [2.75, 3.05) is 18.0 Å². The van der Waals surface area contributed by atoms with Crippen molar-refractivity contribution in [1.82, 2.24) is 24.8 Å². The highest BCUT2D eigenvalue weighted by Gasteiger charge is 2.31. The maximum Gasteiger partial charge on any atom is 0.417 e. The minimum atomic E-state index is -4.36. The second-order valence-corrected chi connectivity index (χ2v) is 6.47. The third-order valence-electron chi connectivity index (χ3n) is 4.68. The molecular weight excluding hydrogens is 345 g/mol. The number of alkyl halides is 3. The summed E-state index contributed by atoms with van der Waals surface area (Å²) < 4.78 is 39.7. The van der Waals surface area contributed by atoms with E-state index in [0.29, 0.717) is 18.9 Å². The summed E-state index contributed by atoms with van der Waals surface area (Å²) in [6.45, 7) is 3.32. The van der Waals surface area contributed by atoms with Crippen LogP contribution in [0.25, 0.3) is 5.65 Å². The van der Waals surface area contributed by atoms with Gasteiger partial charge < -0.3 is 4.90 Å². The third kappa shape index (κ3) is 3.09. The number of piperidine rings is 1. The maximum atomic E-state index is 12.7. The van der Waals surface area contributed by atoms with Crippen LogP contribution < -0.4 is 4.90 Å². The fourth-order valence-electron chi connectivity index (χ4n) is 3.26. The smallest absolute Gasteiger partial charge is 0.357 e. The van der Waals surface area contributed by atoms with Gasteiger partial charge in [0.15, 0.2) is 11.5 Å². The largest absolute Gasteiger partial charge is 0.417 e. The van der Waals surface area contributed by atoms with Crippen molar-refractivity contribution < 1.29 is 13.2 Å². The first kappa shape index (κ1) is 16.7. The Morgan fingerprint density at radius 3 is 2.46 bits per heavy atom. The lowest BCUT2D eigenvalue weighted by molar-refractivity contribution is -0.137. The first-order chi connectivity index (χ1) is 12.4. The maximum absolute atomic E-state index is 12.7. The molecule has 6 nitrogen and oxygen atoms in total.